The van der Waals surface area contributed by atoms with Gasteiger partial charge in [0.25, 0.3) is 0 Å². The highest BCUT2D eigenvalue weighted by atomic mass is 15.3. The third kappa shape index (κ3) is 1.59. The van der Waals surface area contributed by atoms with Gasteiger partial charge in [-0.15, -0.1) is 0 Å². The Labute approximate surface area is 118 Å². The Kier molecular flexibility index (Phi) is 2.46. The number of anilines is 3. The van der Waals surface area contributed by atoms with Crippen LogP contribution in [0, 0.1) is 0 Å². The Morgan fingerprint density at radius 3 is 2.90 bits per heavy atom. The molecule has 3 heteroatoms. The van der Waals surface area contributed by atoms with Crippen molar-refractivity contribution in [3.05, 3.63) is 59.7 Å². The van der Waals surface area contributed by atoms with Crippen LogP contribution in [-0.2, 0) is 0 Å². The number of fused-ring (bicyclic) bond motifs is 2. The second kappa shape index (κ2) is 4.30. The summed E-state index contributed by atoms with van der Waals surface area (Å²) in [6.45, 7) is 0.896. The summed E-state index contributed by atoms with van der Waals surface area (Å²) in [5.41, 5.74) is 6.25. The van der Waals surface area contributed by atoms with Gasteiger partial charge in [0.1, 0.15) is 6.17 Å². The van der Waals surface area contributed by atoms with E-state index in [1.165, 1.54) is 28.2 Å². The molecule has 2 aliphatic heterocycles. The van der Waals surface area contributed by atoms with E-state index in [0.717, 1.165) is 6.54 Å². The van der Waals surface area contributed by atoms with Crippen molar-refractivity contribution in [3.63, 3.8) is 0 Å². The van der Waals surface area contributed by atoms with Crippen LogP contribution in [0.4, 0.5) is 17.1 Å². The normalized spacial score (nSPS) is 19.1. The van der Waals surface area contributed by atoms with Crippen molar-refractivity contribution in [3.8, 4) is 0 Å². The molecule has 2 heterocycles. The second-order valence-electron chi connectivity index (χ2n) is 5.27. The lowest BCUT2D eigenvalue weighted by molar-refractivity contribution is 0.793. The molecule has 2 aromatic rings. The third-order valence-corrected chi connectivity index (χ3v) is 4.08. The molecule has 0 amide bonds. The molecule has 0 saturated heterocycles. The van der Waals surface area contributed by atoms with Crippen molar-refractivity contribution >= 4 is 23.1 Å². The van der Waals surface area contributed by atoms with E-state index in [1.807, 2.05) is 0 Å². The van der Waals surface area contributed by atoms with Gasteiger partial charge >= 0.3 is 0 Å². The molecule has 0 saturated carbocycles. The molecule has 3 nitrogen and oxygen atoms in total. The number of nitrogens with one attached hydrogen (secondary N) is 2. The molecule has 0 radical (unpaired) electrons. The van der Waals surface area contributed by atoms with Crippen molar-refractivity contribution in [2.75, 3.05) is 29.1 Å². The van der Waals surface area contributed by atoms with Crippen LogP contribution in [0.15, 0.2) is 48.5 Å². The summed E-state index contributed by atoms with van der Waals surface area (Å²) < 4.78 is 0. The van der Waals surface area contributed by atoms with Crippen molar-refractivity contribution in [2.24, 2.45) is 0 Å². The summed E-state index contributed by atoms with van der Waals surface area (Å²) in [6, 6.07) is 14.9. The van der Waals surface area contributed by atoms with Gasteiger partial charge in [0.05, 0.1) is 11.4 Å². The number of nitrogens with zero attached hydrogens (tertiary/aromatic N) is 1. The Bertz CT molecular complexity index is 690. The predicted octanol–water partition coefficient (Wildman–Crippen LogP) is 3.69. The lowest BCUT2D eigenvalue weighted by Gasteiger charge is -2.27. The first-order chi connectivity index (χ1) is 9.84. The first-order valence-electron chi connectivity index (χ1n) is 6.96. The predicted molar refractivity (Wildman–Crippen MR) is 85.2 cm³/mol. The molecular formula is C17H17N3. The Balaban J connectivity index is 1.79. The maximum atomic E-state index is 3.61. The molecule has 2 N–H and O–H groups in total. The van der Waals surface area contributed by atoms with Crippen molar-refractivity contribution < 1.29 is 0 Å². The standard InChI is InChI=1S/C17H17N3/c1-20-15-10-3-2-9-14(15)19-17(20)13-8-4-6-12-7-5-11-18-16(12)13/h2-10,17-19H,11H2,1H3. The van der Waals surface area contributed by atoms with Crippen LogP contribution < -0.4 is 15.5 Å². The monoisotopic (exact) mass is 263 g/mol. The van der Waals surface area contributed by atoms with Crippen LogP contribution >= 0.6 is 0 Å². The van der Waals surface area contributed by atoms with Gasteiger partial charge < -0.3 is 15.5 Å². The first kappa shape index (κ1) is 11.4. The van der Waals surface area contributed by atoms with Gasteiger partial charge in [-0.1, -0.05) is 42.5 Å². The van der Waals surface area contributed by atoms with Crippen LogP contribution in [0.5, 0.6) is 0 Å². The number of rotatable bonds is 1. The Hall–Kier alpha value is -2.42. The van der Waals surface area contributed by atoms with E-state index in [1.54, 1.807) is 0 Å². The highest BCUT2D eigenvalue weighted by Gasteiger charge is 2.29. The zero-order chi connectivity index (χ0) is 13.5. The maximum Gasteiger partial charge on any atom is 0.127 e. The largest absolute Gasteiger partial charge is 0.381 e. The lowest BCUT2D eigenvalue weighted by Crippen LogP contribution is -2.25. The molecule has 0 fully saturated rings. The van der Waals surface area contributed by atoms with Crippen LogP contribution in [0.2, 0.25) is 0 Å². The second-order valence-corrected chi connectivity index (χ2v) is 5.27. The molecule has 4 rings (SSSR count). The summed E-state index contributed by atoms with van der Waals surface area (Å²) in [6.07, 6.45) is 4.53. The lowest BCUT2D eigenvalue weighted by atomic mass is 10.0. The minimum absolute atomic E-state index is 0.182. The van der Waals surface area contributed by atoms with Gasteiger partial charge in [0.15, 0.2) is 0 Å². The zero-order valence-corrected chi connectivity index (χ0v) is 11.4. The first-order valence-corrected chi connectivity index (χ1v) is 6.96. The SMILES string of the molecule is CN1c2ccccc2NC1c1cccc2c1NCC=C2. The van der Waals surface area contributed by atoms with E-state index >= 15 is 0 Å². The average molecular weight is 263 g/mol. The maximum absolute atomic E-state index is 3.61. The van der Waals surface area contributed by atoms with Crippen molar-refractivity contribution in [1.82, 2.24) is 0 Å². The average Bonchev–Trinajstić information content (AvgIpc) is 2.84. The molecule has 0 aromatic heterocycles. The molecule has 100 valence electrons. The van der Waals surface area contributed by atoms with Crippen molar-refractivity contribution in [2.45, 2.75) is 6.17 Å². The van der Waals surface area contributed by atoms with E-state index < -0.39 is 0 Å². The fraction of sp³-hybridized carbons (Fsp3) is 0.176. The topological polar surface area (TPSA) is 27.3 Å². The minimum atomic E-state index is 0.182. The van der Waals surface area contributed by atoms with Gasteiger partial charge in [0.2, 0.25) is 0 Å². The molecule has 0 aliphatic carbocycles. The van der Waals surface area contributed by atoms with E-state index in [4.69, 9.17) is 0 Å². The summed E-state index contributed by atoms with van der Waals surface area (Å²) in [5.74, 6) is 0. The number of para-hydroxylation sites is 3. The zero-order valence-electron chi connectivity index (χ0n) is 11.4. The molecule has 1 atom stereocenters. The molecule has 0 bridgehead atoms. The number of hydrogen-bond acceptors (Lipinski definition) is 3. The van der Waals surface area contributed by atoms with Gasteiger partial charge in [0, 0.05) is 24.8 Å². The van der Waals surface area contributed by atoms with Gasteiger partial charge in [-0.05, 0) is 17.7 Å². The quantitative estimate of drug-likeness (QED) is 0.821. The minimum Gasteiger partial charge on any atom is -0.381 e. The third-order valence-electron chi connectivity index (χ3n) is 4.08. The molecule has 20 heavy (non-hydrogen) atoms. The molecular weight excluding hydrogens is 246 g/mol. The fourth-order valence-electron chi connectivity index (χ4n) is 3.08. The molecule has 0 spiro atoms. The molecule has 2 aliphatic rings. The highest BCUT2D eigenvalue weighted by molar-refractivity contribution is 5.80. The van der Waals surface area contributed by atoms with E-state index in [9.17, 15) is 0 Å². The Morgan fingerprint density at radius 2 is 2.00 bits per heavy atom. The van der Waals surface area contributed by atoms with Crippen LogP contribution in [0.25, 0.3) is 6.08 Å². The highest BCUT2D eigenvalue weighted by Crippen LogP contribution is 2.42. The van der Waals surface area contributed by atoms with Gasteiger partial charge in [-0.25, -0.2) is 0 Å². The number of benzene rings is 2. The summed E-state index contributed by atoms with van der Waals surface area (Å²) >= 11 is 0. The van der Waals surface area contributed by atoms with Crippen LogP contribution in [0.3, 0.4) is 0 Å². The fourth-order valence-corrected chi connectivity index (χ4v) is 3.08. The Morgan fingerprint density at radius 1 is 1.10 bits per heavy atom. The molecule has 1 unspecified atom stereocenters. The van der Waals surface area contributed by atoms with Crippen molar-refractivity contribution in [1.29, 1.82) is 0 Å². The number of hydrogen-bond donors (Lipinski definition) is 2. The van der Waals surface area contributed by atoms with Gasteiger partial charge in [-0.2, -0.15) is 0 Å². The summed E-state index contributed by atoms with van der Waals surface area (Å²) in [4.78, 5) is 2.30. The van der Waals surface area contributed by atoms with Crippen LogP contribution in [0.1, 0.15) is 17.3 Å². The molecule has 2 aromatic carbocycles. The summed E-state index contributed by atoms with van der Waals surface area (Å²) in [7, 11) is 2.14. The summed E-state index contributed by atoms with van der Waals surface area (Å²) in [5, 5.41) is 7.11. The van der Waals surface area contributed by atoms with Gasteiger partial charge in [-0.3, -0.25) is 0 Å². The van der Waals surface area contributed by atoms with E-state index in [0.29, 0.717) is 0 Å². The van der Waals surface area contributed by atoms with E-state index in [2.05, 4.69) is 77.2 Å². The van der Waals surface area contributed by atoms with Crippen LogP contribution in [-0.4, -0.2) is 13.6 Å². The smallest absolute Gasteiger partial charge is 0.127 e. The van der Waals surface area contributed by atoms with E-state index in [-0.39, 0.29) is 6.17 Å².